The van der Waals surface area contributed by atoms with E-state index in [0.29, 0.717) is 15.6 Å². The number of hydrogen-bond acceptors (Lipinski definition) is 2. The van der Waals surface area contributed by atoms with Crippen LogP contribution in [0.4, 0.5) is 4.39 Å². The van der Waals surface area contributed by atoms with Crippen LogP contribution in [0.2, 0.25) is 0 Å². The van der Waals surface area contributed by atoms with Crippen molar-refractivity contribution in [3.05, 3.63) is 63.9 Å². The first-order valence-corrected chi connectivity index (χ1v) is 8.06. The first kappa shape index (κ1) is 14.2. The number of hydrogen-bond donors (Lipinski definition) is 0. The number of benzene rings is 2. The van der Waals surface area contributed by atoms with Gasteiger partial charge in [-0.3, -0.25) is 0 Å². The lowest BCUT2D eigenvalue weighted by Crippen LogP contribution is -2.07. The Morgan fingerprint density at radius 1 is 1.16 bits per heavy atom. The van der Waals surface area contributed by atoms with Crippen LogP contribution >= 0.6 is 15.9 Å². The molecule has 0 spiro atoms. The standard InChI is InChI=1S/C14H12BrFO2S/c1-10-4-2-3-5-14(10)19(17,18)9-11-6-12(15)8-13(16)7-11/h2-8H,9H2,1H3. The minimum Gasteiger partial charge on any atom is -0.223 e. The Morgan fingerprint density at radius 3 is 2.47 bits per heavy atom. The predicted octanol–water partition coefficient (Wildman–Crippen LogP) is 3.87. The molecule has 0 radical (unpaired) electrons. The quantitative estimate of drug-likeness (QED) is 0.848. The highest BCUT2D eigenvalue weighted by Crippen LogP contribution is 2.22. The van der Waals surface area contributed by atoms with E-state index < -0.39 is 15.7 Å². The maximum atomic E-state index is 13.3. The molecule has 0 fully saturated rings. The summed E-state index contributed by atoms with van der Waals surface area (Å²) in [6, 6.07) is 10.9. The van der Waals surface area contributed by atoms with Crippen LogP contribution < -0.4 is 0 Å². The second kappa shape index (κ2) is 5.43. The van der Waals surface area contributed by atoms with E-state index in [2.05, 4.69) is 15.9 Å². The zero-order valence-corrected chi connectivity index (χ0v) is 12.6. The molecule has 0 heterocycles. The molecule has 0 N–H and O–H groups in total. The monoisotopic (exact) mass is 342 g/mol. The second-order valence-corrected chi connectivity index (χ2v) is 7.18. The van der Waals surface area contributed by atoms with Gasteiger partial charge in [-0.15, -0.1) is 0 Å². The van der Waals surface area contributed by atoms with E-state index in [1.807, 2.05) is 0 Å². The van der Waals surface area contributed by atoms with Gasteiger partial charge in [-0.1, -0.05) is 34.1 Å². The van der Waals surface area contributed by atoms with Gasteiger partial charge in [0.25, 0.3) is 0 Å². The Morgan fingerprint density at radius 2 is 1.84 bits per heavy atom. The average Bonchev–Trinajstić information content (AvgIpc) is 2.26. The molecule has 0 saturated carbocycles. The molecular weight excluding hydrogens is 331 g/mol. The summed E-state index contributed by atoms with van der Waals surface area (Å²) in [5.74, 6) is -0.668. The molecule has 0 saturated heterocycles. The Balaban J connectivity index is 2.39. The third-order valence-electron chi connectivity index (χ3n) is 2.71. The van der Waals surface area contributed by atoms with E-state index in [1.54, 1.807) is 37.3 Å². The molecular formula is C14H12BrFO2S. The summed E-state index contributed by atoms with van der Waals surface area (Å²) in [6.07, 6.45) is 0. The van der Waals surface area contributed by atoms with Crippen LogP contribution in [0.1, 0.15) is 11.1 Å². The van der Waals surface area contributed by atoms with Crippen molar-refractivity contribution in [1.82, 2.24) is 0 Å². The zero-order chi connectivity index (χ0) is 14.0. The van der Waals surface area contributed by atoms with E-state index in [0.717, 1.165) is 0 Å². The van der Waals surface area contributed by atoms with Crippen LogP contribution in [-0.2, 0) is 15.6 Å². The average molecular weight is 343 g/mol. The molecule has 19 heavy (non-hydrogen) atoms. The summed E-state index contributed by atoms with van der Waals surface area (Å²) < 4.78 is 38.4. The van der Waals surface area contributed by atoms with Crippen LogP contribution in [0.15, 0.2) is 51.8 Å². The van der Waals surface area contributed by atoms with Gasteiger partial charge in [-0.2, -0.15) is 0 Å². The molecule has 0 aliphatic rings. The van der Waals surface area contributed by atoms with Crippen molar-refractivity contribution in [2.75, 3.05) is 0 Å². The fourth-order valence-electron chi connectivity index (χ4n) is 1.90. The molecule has 0 aromatic heterocycles. The molecule has 0 aliphatic heterocycles. The molecule has 2 aromatic carbocycles. The lowest BCUT2D eigenvalue weighted by atomic mass is 10.2. The van der Waals surface area contributed by atoms with E-state index in [9.17, 15) is 12.8 Å². The lowest BCUT2D eigenvalue weighted by Gasteiger charge is -2.08. The SMILES string of the molecule is Cc1ccccc1S(=O)(=O)Cc1cc(F)cc(Br)c1. The van der Waals surface area contributed by atoms with Crippen LogP contribution in [0, 0.1) is 12.7 Å². The number of aryl methyl sites for hydroxylation is 1. The molecule has 0 amide bonds. The molecule has 0 atom stereocenters. The van der Waals surface area contributed by atoms with Crippen molar-refractivity contribution in [1.29, 1.82) is 0 Å². The second-order valence-electron chi connectivity index (χ2n) is 4.30. The minimum atomic E-state index is -3.47. The van der Waals surface area contributed by atoms with Crippen molar-refractivity contribution in [2.45, 2.75) is 17.6 Å². The molecule has 2 aromatic rings. The molecule has 0 aliphatic carbocycles. The Bertz CT molecular complexity index is 691. The zero-order valence-electron chi connectivity index (χ0n) is 10.2. The smallest absolute Gasteiger partial charge is 0.182 e. The lowest BCUT2D eigenvalue weighted by molar-refractivity contribution is 0.594. The number of rotatable bonds is 3. The summed E-state index contributed by atoms with van der Waals surface area (Å²) in [6.45, 7) is 1.74. The first-order chi connectivity index (χ1) is 8.88. The van der Waals surface area contributed by atoms with Crippen molar-refractivity contribution in [3.8, 4) is 0 Å². The van der Waals surface area contributed by atoms with Crippen LogP contribution in [0.5, 0.6) is 0 Å². The van der Waals surface area contributed by atoms with Crippen molar-refractivity contribution in [2.24, 2.45) is 0 Å². The topological polar surface area (TPSA) is 34.1 Å². The summed E-state index contributed by atoms with van der Waals surface area (Å²) >= 11 is 3.16. The fourth-order valence-corrected chi connectivity index (χ4v) is 4.02. The van der Waals surface area contributed by atoms with E-state index in [1.165, 1.54) is 12.1 Å². The van der Waals surface area contributed by atoms with Gasteiger partial charge in [0.2, 0.25) is 0 Å². The summed E-state index contributed by atoms with van der Waals surface area (Å²) in [4.78, 5) is 0.287. The highest BCUT2D eigenvalue weighted by atomic mass is 79.9. The maximum Gasteiger partial charge on any atom is 0.182 e. The van der Waals surface area contributed by atoms with Gasteiger partial charge in [-0.05, 0) is 42.3 Å². The van der Waals surface area contributed by atoms with Gasteiger partial charge in [0.15, 0.2) is 9.84 Å². The minimum absolute atomic E-state index is 0.214. The van der Waals surface area contributed by atoms with E-state index >= 15 is 0 Å². The van der Waals surface area contributed by atoms with Crippen molar-refractivity contribution in [3.63, 3.8) is 0 Å². The van der Waals surface area contributed by atoms with Crippen LogP contribution in [0.3, 0.4) is 0 Å². The summed E-state index contributed by atoms with van der Waals surface area (Å²) in [5, 5.41) is 0. The number of halogens is 2. The Hall–Kier alpha value is -1.20. The van der Waals surface area contributed by atoms with E-state index in [4.69, 9.17) is 0 Å². The summed E-state index contributed by atoms with van der Waals surface area (Å²) in [7, 11) is -3.47. The molecule has 2 rings (SSSR count). The van der Waals surface area contributed by atoms with Gasteiger partial charge < -0.3 is 0 Å². The van der Waals surface area contributed by atoms with Gasteiger partial charge in [0.05, 0.1) is 10.6 Å². The third kappa shape index (κ3) is 3.42. The van der Waals surface area contributed by atoms with Crippen LogP contribution in [-0.4, -0.2) is 8.42 Å². The maximum absolute atomic E-state index is 13.3. The van der Waals surface area contributed by atoms with Crippen LogP contribution in [0.25, 0.3) is 0 Å². The van der Waals surface area contributed by atoms with Crippen molar-refractivity contribution >= 4 is 25.8 Å². The number of sulfone groups is 1. The molecule has 0 bridgehead atoms. The van der Waals surface area contributed by atoms with Crippen molar-refractivity contribution < 1.29 is 12.8 Å². The molecule has 2 nitrogen and oxygen atoms in total. The van der Waals surface area contributed by atoms with Gasteiger partial charge in [0, 0.05) is 4.47 Å². The van der Waals surface area contributed by atoms with Gasteiger partial charge in [0.1, 0.15) is 5.82 Å². The van der Waals surface area contributed by atoms with Gasteiger partial charge >= 0.3 is 0 Å². The van der Waals surface area contributed by atoms with E-state index in [-0.39, 0.29) is 10.6 Å². The molecule has 5 heteroatoms. The predicted molar refractivity (Wildman–Crippen MR) is 76.2 cm³/mol. The highest BCUT2D eigenvalue weighted by molar-refractivity contribution is 9.10. The first-order valence-electron chi connectivity index (χ1n) is 5.62. The largest absolute Gasteiger partial charge is 0.223 e. The fraction of sp³-hybridized carbons (Fsp3) is 0.143. The third-order valence-corrected chi connectivity index (χ3v) is 5.01. The molecule has 0 unspecified atom stereocenters. The molecule has 100 valence electrons. The summed E-state index contributed by atoms with van der Waals surface area (Å²) in [5.41, 5.74) is 1.12. The Kier molecular flexibility index (Phi) is 4.06. The normalized spacial score (nSPS) is 11.5. The Labute approximate surface area is 120 Å². The van der Waals surface area contributed by atoms with Gasteiger partial charge in [-0.25, -0.2) is 12.8 Å². The highest BCUT2D eigenvalue weighted by Gasteiger charge is 2.17.